The molecule has 1 aliphatic rings. The highest BCUT2D eigenvalue weighted by atomic mass is 32.2. The minimum absolute atomic E-state index is 0.0959. The second-order valence-electron chi connectivity index (χ2n) is 4.19. The molecule has 1 aliphatic heterocycles. The van der Waals surface area contributed by atoms with Gasteiger partial charge < -0.3 is 5.32 Å². The van der Waals surface area contributed by atoms with Crippen LogP contribution in [0, 0.1) is 10.1 Å². The lowest BCUT2D eigenvalue weighted by Crippen LogP contribution is -2.12. The Bertz CT molecular complexity index is 862. The van der Waals surface area contributed by atoms with Gasteiger partial charge in [0.05, 0.1) is 4.92 Å². The van der Waals surface area contributed by atoms with Crippen LogP contribution in [-0.2, 0) is 10.0 Å². The molecular formula is C12H8N4O4S. The molecule has 1 N–H and O–H groups in total. The van der Waals surface area contributed by atoms with Gasteiger partial charge >= 0.3 is 0 Å². The number of nitrogens with zero attached hydrogens (tertiary/aromatic N) is 3. The van der Waals surface area contributed by atoms with E-state index in [0.717, 1.165) is 6.07 Å². The third-order valence-corrected chi connectivity index (χ3v) is 4.15. The summed E-state index contributed by atoms with van der Waals surface area (Å²) in [6.07, 6.45) is 1.54. The average Bonchev–Trinajstić information content (AvgIpc) is 2.71. The maximum Gasteiger partial charge on any atom is 0.285 e. The van der Waals surface area contributed by atoms with Gasteiger partial charge in [0, 0.05) is 23.9 Å². The zero-order valence-electron chi connectivity index (χ0n) is 10.4. The van der Waals surface area contributed by atoms with E-state index in [1.165, 1.54) is 12.1 Å². The molecule has 0 saturated carbocycles. The van der Waals surface area contributed by atoms with Crippen molar-refractivity contribution in [2.75, 3.05) is 5.32 Å². The number of anilines is 1. The number of non-ortho nitro benzene ring substituents is 1. The first kappa shape index (κ1) is 13.2. The Kier molecular flexibility index (Phi) is 2.91. The Morgan fingerprint density at radius 1 is 1.19 bits per heavy atom. The van der Waals surface area contributed by atoms with E-state index in [1.54, 1.807) is 24.4 Å². The summed E-state index contributed by atoms with van der Waals surface area (Å²) in [4.78, 5) is 13.9. The number of hydrogen-bond donors (Lipinski definition) is 1. The fraction of sp³-hybridized carbons (Fsp3) is 0. The third-order valence-electron chi connectivity index (χ3n) is 2.83. The molecule has 3 rings (SSSR count). The van der Waals surface area contributed by atoms with E-state index < -0.39 is 14.9 Å². The molecule has 2 aromatic rings. The Morgan fingerprint density at radius 2 is 2.00 bits per heavy atom. The molecular weight excluding hydrogens is 296 g/mol. The number of fused-ring (bicyclic) bond motifs is 1. The number of rotatable bonds is 2. The number of sulfonamides is 1. The first-order chi connectivity index (χ1) is 9.97. The van der Waals surface area contributed by atoms with Gasteiger partial charge in [0.15, 0.2) is 5.84 Å². The zero-order chi connectivity index (χ0) is 15.0. The van der Waals surface area contributed by atoms with E-state index in [-0.39, 0.29) is 22.0 Å². The van der Waals surface area contributed by atoms with Gasteiger partial charge in [-0.25, -0.2) is 4.98 Å². The molecule has 0 radical (unpaired) electrons. The standard InChI is InChI=1S/C12H8N4O4S/c17-16(18)8-4-5-9-10(7-8)21(19,20)15-12(9)14-11-3-1-2-6-13-11/h1-7H,(H,13,14,15). The molecule has 0 unspecified atom stereocenters. The number of nitro groups is 1. The Labute approximate surface area is 119 Å². The van der Waals surface area contributed by atoms with Crippen molar-refractivity contribution in [1.29, 1.82) is 0 Å². The van der Waals surface area contributed by atoms with Crippen LogP contribution in [0.5, 0.6) is 0 Å². The summed E-state index contributed by atoms with van der Waals surface area (Å²) in [5.74, 6) is 0.524. The van der Waals surface area contributed by atoms with Crippen molar-refractivity contribution in [2.45, 2.75) is 4.90 Å². The molecule has 106 valence electrons. The van der Waals surface area contributed by atoms with Gasteiger partial charge in [0.2, 0.25) is 0 Å². The van der Waals surface area contributed by atoms with Crippen molar-refractivity contribution in [3.8, 4) is 0 Å². The lowest BCUT2D eigenvalue weighted by molar-refractivity contribution is -0.385. The van der Waals surface area contributed by atoms with Crippen LogP contribution in [0.3, 0.4) is 0 Å². The molecule has 8 nitrogen and oxygen atoms in total. The lowest BCUT2D eigenvalue weighted by Gasteiger charge is -2.04. The van der Waals surface area contributed by atoms with Crippen LogP contribution in [0.1, 0.15) is 5.56 Å². The second kappa shape index (κ2) is 4.63. The van der Waals surface area contributed by atoms with Crippen LogP contribution < -0.4 is 5.32 Å². The molecule has 1 aromatic carbocycles. The molecule has 1 aromatic heterocycles. The summed E-state index contributed by atoms with van der Waals surface area (Å²) in [5, 5.41) is 13.5. The monoisotopic (exact) mass is 304 g/mol. The molecule has 2 heterocycles. The number of nitro benzene ring substituents is 1. The van der Waals surface area contributed by atoms with E-state index in [4.69, 9.17) is 0 Å². The van der Waals surface area contributed by atoms with Crippen molar-refractivity contribution in [2.24, 2.45) is 4.40 Å². The molecule has 0 fully saturated rings. The molecule has 0 spiro atoms. The molecule has 0 atom stereocenters. The van der Waals surface area contributed by atoms with E-state index >= 15 is 0 Å². The van der Waals surface area contributed by atoms with Gasteiger partial charge in [-0.05, 0) is 18.2 Å². The minimum atomic E-state index is -3.94. The molecule has 0 aliphatic carbocycles. The van der Waals surface area contributed by atoms with Crippen molar-refractivity contribution in [1.82, 2.24) is 4.98 Å². The summed E-state index contributed by atoms with van der Waals surface area (Å²) < 4.78 is 27.5. The van der Waals surface area contributed by atoms with E-state index in [1.807, 2.05) is 0 Å². The summed E-state index contributed by atoms with van der Waals surface area (Å²) in [5.41, 5.74) is -0.0159. The first-order valence-electron chi connectivity index (χ1n) is 5.79. The van der Waals surface area contributed by atoms with Crippen LogP contribution in [0.25, 0.3) is 0 Å². The average molecular weight is 304 g/mol. The number of benzene rings is 1. The van der Waals surface area contributed by atoms with Gasteiger partial charge in [-0.3, -0.25) is 10.1 Å². The maximum absolute atomic E-state index is 12.0. The van der Waals surface area contributed by atoms with E-state index in [2.05, 4.69) is 14.7 Å². The number of aromatic nitrogens is 1. The summed E-state index contributed by atoms with van der Waals surface area (Å²) in [6.45, 7) is 0. The first-order valence-corrected chi connectivity index (χ1v) is 7.23. The largest absolute Gasteiger partial charge is 0.324 e. The number of hydrogen-bond acceptors (Lipinski definition) is 6. The highest BCUT2D eigenvalue weighted by Crippen LogP contribution is 2.30. The Morgan fingerprint density at radius 3 is 2.67 bits per heavy atom. The molecule has 21 heavy (non-hydrogen) atoms. The number of nitrogens with one attached hydrogen (secondary N) is 1. The van der Waals surface area contributed by atoms with Gasteiger partial charge in [-0.15, -0.1) is 4.40 Å². The highest BCUT2D eigenvalue weighted by Gasteiger charge is 2.31. The van der Waals surface area contributed by atoms with Crippen molar-refractivity contribution in [3.05, 3.63) is 58.3 Å². The van der Waals surface area contributed by atoms with Crippen LogP contribution in [-0.4, -0.2) is 24.2 Å². The van der Waals surface area contributed by atoms with Crippen LogP contribution in [0.15, 0.2) is 51.9 Å². The maximum atomic E-state index is 12.0. The molecule has 9 heteroatoms. The molecule has 0 saturated heterocycles. The summed E-state index contributed by atoms with van der Waals surface area (Å²) in [6, 6.07) is 8.69. The Hall–Kier alpha value is -2.81. The minimum Gasteiger partial charge on any atom is -0.324 e. The fourth-order valence-corrected chi connectivity index (χ4v) is 3.10. The normalized spacial score (nSPS) is 15.1. The molecule has 0 amide bonds. The van der Waals surface area contributed by atoms with Crippen molar-refractivity contribution in [3.63, 3.8) is 0 Å². The van der Waals surface area contributed by atoms with E-state index in [9.17, 15) is 18.5 Å². The predicted molar refractivity (Wildman–Crippen MR) is 74.7 cm³/mol. The fourth-order valence-electron chi connectivity index (χ4n) is 1.90. The topological polar surface area (TPSA) is 115 Å². The van der Waals surface area contributed by atoms with Crippen LogP contribution in [0.4, 0.5) is 11.5 Å². The van der Waals surface area contributed by atoms with Crippen LogP contribution >= 0.6 is 0 Å². The highest BCUT2D eigenvalue weighted by molar-refractivity contribution is 7.90. The number of amidine groups is 1. The predicted octanol–water partition coefficient (Wildman–Crippen LogP) is 1.55. The SMILES string of the molecule is O=[N+]([O-])c1ccc2c(c1)S(=O)(=O)N=C2Nc1ccccn1. The quantitative estimate of drug-likeness (QED) is 0.665. The van der Waals surface area contributed by atoms with Crippen molar-refractivity contribution >= 4 is 27.4 Å². The van der Waals surface area contributed by atoms with Gasteiger partial charge in [-0.1, -0.05) is 6.07 Å². The van der Waals surface area contributed by atoms with E-state index in [0.29, 0.717) is 5.82 Å². The van der Waals surface area contributed by atoms with Crippen LogP contribution in [0.2, 0.25) is 0 Å². The zero-order valence-corrected chi connectivity index (χ0v) is 11.2. The summed E-state index contributed by atoms with van der Waals surface area (Å²) in [7, 11) is -3.94. The second-order valence-corrected chi connectivity index (χ2v) is 5.77. The number of pyridine rings is 1. The summed E-state index contributed by atoms with van der Waals surface area (Å²) >= 11 is 0. The van der Waals surface area contributed by atoms with Gasteiger partial charge in [0.25, 0.3) is 15.7 Å². The van der Waals surface area contributed by atoms with Gasteiger partial charge in [0.1, 0.15) is 10.7 Å². The smallest absolute Gasteiger partial charge is 0.285 e. The van der Waals surface area contributed by atoms with Crippen molar-refractivity contribution < 1.29 is 13.3 Å². The molecule has 0 bridgehead atoms. The third kappa shape index (κ3) is 2.34. The van der Waals surface area contributed by atoms with Gasteiger partial charge in [-0.2, -0.15) is 8.42 Å². The Balaban J connectivity index is 2.06. The lowest BCUT2D eigenvalue weighted by atomic mass is 10.2.